The van der Waals surface area contributed by atoms with Crippen LogP contribution >= 0.6 is 0 Å². The van der Waals surface area contributed by atoms with Gasteiger partial charge in [-0.25, -0.2) is 9.18 Å². The second-order valence-electron chi connectivity index (χ2n) is 7.23. The number of carboxylic acid groups (broad SMARTS) is 1. The van der Waals surface area contributed by atoms with E-state index in [4.69, 9.17) is 0 Å². The topological polar surface area (TPSA) is 95.5 Å². The molecule has 0 saturated heterocycles. The number of aliphatic carboxylic acids is 1. The average Bonchev–Trinajstić information content (AvgIpc) is 2.61. The van der Waals surface area contributed by atoms with Crippen LogP contribution in [0.1, 0.15) is 61.4 Å². The minimum absolute atomic E-state index is 0.182. The van der Waals surface area contributed by atoms with E-state index in [1.807, 2.05) is 0 Å². The summed E-state index contributed by atoms with van der Waals surface area (Å²) in [5.74, 6) is -2.30. The number of nitrogens with one attached hydrogen (secondary N) is 2. The first-order valence-corrected chi connectivity index (χ1v) is 9.03. The van der Waals surface area contributed by atoms with Crippen molar-refractivity contribution in [1.82, 2.24) is 5.32 Å². The van der Waals surface area contributed by atoms with Crippen molar-refractivity contribution in [2.45, 2.75) is 57.4 Å². The van der Waals surface area contributed by atoms with Crippen LogP contribution in [0.2, 0.25) is 0 Å². The molecule has 140 valence electrons. The van der Waals surface area contributed by atoms with E-state index in [1.165, 1.54) is 6.07 Å². The predicted molar refractivity (Wildman–Crippen MR) is 93.4 cm³/mol. The highest BCUT2D eigenvalue weighted by molar-refractivity contribution is 6.00. The molecule has 1 aliphatic heterocycles. The SMILES string of the molecule is CCC1CCC(NC(=O)c2cc3c(cc2F)NC(=O)CC3)(C(=O)O)CC1. The van der Waals surface area contributed by atoms with Gasteiger partial charge in [-0.1, -0.05) is 13.3 Å². The Hall–Kier alpha value is -2.44. The maximum absolute atomic E-state index is 14.4. The Morgan fingerprint density at radius 3 is 2.62 bits per heavy atom. The fourth-order valence-electron chi connectivity index (χ4n) is 3.83. The molecule has 3 N–H and O–H groups in total. The number of amides is 2. The van der Waals surface area contributed by atoms with Gasteiger partial charge in [0.15, 0.2) is 0 Å². The standard InChI is InChI=1S/C19H23FN2O4/c1-2-11-5-7-19(8-6-11,18(25)26)22-17(24)13-9-12-3-4-16(23)21-15(12)10-14(13)20/h9-11H,2-8H2,1H3,(H,21,23)(H,22,24)(H,25,26). The van der Waals surface area contributed by atoms with Gasteiger partial charge in [0, 0.05) is 12.1 Å². The zero-order valence-electron chi connectivity index (χ0n) is 14.7. The summed E-state index contributed by atoms with van der Waals surface area (Å²) >= 11 is 0. The van der Waals surface area contributed by atoms with E-state index in [-0.39, 0.29) is 17.9 Å². The number of aryl methyl sites for hydroxylation is 1. The van der Waals surface area contributed by atoms with Gasteiger partial charge in [0.05, 0.1) is 5.56 Å². The Morgan fingerprint density at radius 1 is 1.31 bits per heavy atom. The molecule has 0 aromatic heterocycles. The molecule has 3 rings (SSSR count). The Bertz CT molecular complexity index is 754. The second kappa shape index (κ2) is 7.05. The lowest BCUT2D eigenvalue weighted by molar-refractivity contribution is -0.146. The lowest BCUT2D eigenvalue weighted by atomic mass is 9.75. The zero-order valence-corrected chi connectivity index (χ0v) is 14.7. The first-order valence-electron chi connectivity index (χ1n) is 9.03. The molecule has 1 fully saturated rings. The van der Waals surface area contributed by atoms with Gasteiger partial charge in [0.25, 0.3) is 5.91 Å². The summed E-state index contributed by atoms with van der Waals surface area (Å²) in [5, 5.41) is 14.8. The largest absolute Gasteiger partial charge is 0.480 e. The van der Waals surface area contributed by atoms with Crippen LogP contribution in [0.15, 0.2) is 12.1 Å². The van der Waals surface area contributed by atoms with Gasteiger partial charge in [-0.15, -0.1) is 0 Å². The molecule has 1 heterocycles. The van der Waals surface area contributed by atoms with Crippen LogP contribution in [0.5, 0.6) is 0 Å². The average molecular weight is 362 g/mol. The highest BCUT2D eigenvalue weighted by Crippen LogP contribution is 2.34. The van der Waals surface area contributed by atoms with Crippen molar-refractivity contribution in [3.8, 4) is 0 Å². The number of hydrogen-bond donors (Lipinski definition) is 3. The van der Waals surface area contributed by atoms with E-state index in [1.54, 1.807) is 0 Å². The molecule has 7 heteroatoms. The summed E-state index contributed by atoms with van der Waals surface area (Å²) in [6.07, 6.45) is 3.81. The number of anilines is 1. The number of halogens is 1. The number of carbonyl (C=O) groups excluding carboxylic acids is 2. The fourth-order valence-corrected chi connectivity index (χ4v) is 3.83. The normalized spacial score (nSPS) is 25.2. The summed E-state index contributed by atoms with van der Waals surface area (Å²) in [4.78, 5) is 35.9. The highest BCUT2D eigenvalue weighted by Gasteiger charge is 2.43. The minimum Gasteiger partial charge on any atom is -0.480 e. The molecule has 0 unspecified atom stereocenters. The number of carbonyl (C=O) groups is 3. The van der Waals surface area contributed by atoms with Crippen LogP contribution in [0.4, 0.5) is 10.1 Å². The van der Waals surface area contributed by atoms with Crippen LogP contribution < -0.4 is 10.6 Å². The summed E-state index contributed by atoms with van der Waals surface area (Å²) in [5.41, 5.74) is -0.487. The molecule has 1 saturated carbocycles. The van der Waals surface area contributed by atoms with Gasteiger partial charge >= 0.3 is 5.97 Å². The molecule has 0 radical (unpaired) electrons. The van der Waals surface area contributed by atoms with E-state index in [0.29, 0.717) is 36.4 Å². The van der Waals surface area contributed by atoms with Crippen molar-refractivity contribution in [2.75, 3.05) is 5.32 Å². The maximum Gasteiger partial charge on any atom is 0.329 e. The fraction of sp³-hybridized carbons (Fsp3) is 0.526. The Balaban J connectivity index is 1.82. The van der Waals surface area contributed by atoms with Crippen molar-refractivity contribution < 1.29 is 23.9 Å². The number of rotatable bonds is 4. The van der Waals surface area contributed by atoms with Gasteiger partial charge in [0.2, 0.25) is 5.91 Å². The third-order valence-corrected chi connectivity index (χ3v) is 5.63. The van der Waals surface area contributed by atoms with Gasteiger partial charge in [-0.3, -0.25) is 9.59 Å². The number of benzene rings is 1. The molecular formula is C19H23FN2O4. The molecule has 0 bridgehead atoms. The smallest absolute Gasteiger partial charge is 0.329 e. The zero-order chi connectivity index (χ0) is 18.9. The Morgan fingerprint density at radius 2 is 2.00 bits per heavy atom. The van der Waals surface area contributed by atoms with E-state index < -0.39 is 23.2 Å². The van der Waals surface area contributed by atoms with Crippen LogP contribution in [-0.2, 0) is 16.0 Å². The molecule has 0 atom stereocenters. The molecule has 6 nitrogen and oxygen atoms in total. The van der Waals surface area contributed by atoms with E-state index >= 15 is 0 Å². The quantitative estimate of drug-likeness (QED) is 0.767. The predicted octanol–water partition coefficient (Wildman–Crippen LogP) is 2.86. The molecule has 1 aliphatic carbocycles. The molecule has 0 spiro atoms. The summed E-state index contributed by atoms with van der Waals surface area (Å²) in [6.45, 7) is 2.07. The second-order valence-corrected chi connectivity index (χ2v) is 7.23. The first kappa shape index (κ1) is 18.4. The molecule has 1 aromatic carbocycles. The minimum atomic E-state index is -1.35. The van der Waals surface area contributed by atoms with Crippen molar-refractivity contribution in [3.63, 3.8) is 0 Å². The highest BCUT2D eigenvalue weighted by atomic mass is 19.1. The number of carboxylic acids is 1. The van der Waals surface area contributed by atoms with Gasteiger partial charge in [-0.2, -0.15) is 0 Å². The Kier molecular flexibility index (Phi) is 4.98. The van der Waals surface area contributed by atoms with E-state index in [0.717, 1.165) is 25.3 Å². The van der Waals surface area contributed by atoms with Crippen LogP contribution in [0.25, 0.3) is 0 Å². The molecule has 1 aromatic rings. The molecule has 2 amide bonds. The number of hydrogen-bond acceptors (Lipinski definition) is 3. The van der Waals surface area contributed by atoms with Crippen molar-refractivity contribution >= 4 is 23.5 Å². The lowest BCUT2D eigenvalue weighted by Crippen LogP contribution is -2.56. The first-order chi connectivity index (χ1) is 12.3. The number of fused-ring (bicyclic) bond motifs is 1. The van der Waals surface area contributed by atoms with Crippen LogP contribution in [0.3, 0.4) is 0 Å². The summed E-state index contributed by atoms with van der Waals surface area (Å²) in [7, 11) is 0. The summed E-state index contributed by atoms with van der Waals surface area (Å²) < 4.78 is 14.4. The maximum atomic E-state index is 14.4. The van der Waals surface area contributed by atoms with E-state index in [9.17, 15) is 23.9 Å². The van der Waals surface area contributed by atoms with Crippen LogP contribution in [-0.4, -0.2) is 28.4 Å². The summed E-state index contributed by atoms with van der Waals surface area (Å²) in [6, 6.07) is 2.54. The van der Waals surface area contributed by atoms with Gasteiger partial charge in [0.1, 0.15) is 11.4 Å². The van der Waals surface area contributed by atoms with Gasteiger partial charge in [-0.05, 0) is 55.7 Å². The Labute approximate surface area is 151 Å². The lowest BCUT2D eigenvalue weighted by Gasteiger charge is -2.37. The van der Waals surface area contributed by atoms with E-state index in [2.05, 4.69) is 17.6 Å². The van der Waals surface area contributed by atoms with Crippen LogP contribution in [0, 0.1) is 11.7 Å². The van der Waals surface area contributed by atoms with Crippen molar-refractivity contribution in [2.24, 2.45) is 5.92 Å². The molecule has 26 heavy (non-hydrogen) atoms. The third-order valence-electron chi connectivity index (χ3n) is 5.63. The third kappa shape index (κ3) is 3.43. The monoisotopic (exact) mass is 362 g/mol. The van der Waals surface area contributed by atoms with Gasteiger partial charge < -0.3 is 15.7 Å². The van der Waals surface area contributed by atoms with Crippen molar-refractivity contribution in [3.05, 3.63) is 29.1 Å². The molecular weight excluding hydrogens is 339 g/mol. The molecule has 2 aliphatic rings. The van der Waals surface area contributed by atoms with Crippen molar-refractivity contribution in [1.29, 1.82) is 0 Å².